The number of piperazine rings is 1. The summed E-state index contributed by atoms with van der Waals surface area (Å²) in [5, 5.41) is 4.00. The minimum Gasteiger partial charge on any atom is -0.375 e. The minimum absolute atomic E-state index is 0.189. The number of hydrogen-bond acceptors (Lipinski definition) is 6. The van der Waals surface area contributed by atoms with Gasteiger partial charge in [-0.25, -0.2) is 0 Å². The van der Waals surface area contributed by atoms with Crippen LogP contribution < -0.4 is 0 Å². The fourth-order valence-corrected chi connectivity index (χ4v) is 3.97. The Morgan fingerprint density at radius 1 is 1.17 bits per heavy atom. The molecule has 1 fully saturated rings. The number of aromatic nitrogens is 2. The highest BCUT2D eigenvalue weighted by Gasteiger charge is 2.27. The molecular formula is C22H28N4O3. The van der Waals surface area contributed by atoms with Crippen molar-refractivity contribution in [2.24, 2.45) is 5.92 Å². The zero-order valence-electron chi connectivity index (χ0n) is 16.9. The second kappa shape index (κ2) is 9.33. The van der Waals surface area contributed by atoms with Gasteiger partial charge in [0.2, 0.25) is 11.7 Å². The molecule has 1 atom stereocenters. The second-order valence-corrected chi connectivity index (χ2v) is 7.72. The van der Waals surface area contributed by atoms with Crippen LogP contribution in [0.5, 0.6) is 0 Å². The van der Waals surface area contributed by atoms with Crippen molar-refractivity contribution >= 4 is 5.91 Å². The largest absolute Gasteiger partial charge is 0.375 e. The molecule has 2 heterocycles. The van der Waals surface area contributed by atoms with E-state index < -0.39 is 0 Å². The molecule has 1 saturated heterocycles. The van der Waals surface area contributed by atoms with Gasteiger partial charge in [-0.3, -0.25) is 9.69 Å². The standard InChI is InChI=1S/C22H28N4O3/c1-28-16-20-23-21(24-29-20)18-9-7-17(8-10-18)15-25-11-13-26(14-12-25)22(27)19-5-3-2-4-6-19/h2-3,7-10,19H,4-6,11-16H2,1H3. The minimum atomic E-state index is 0.189. The van der Waals surface area contributed by atoms with E-state index in [2.05, 4.69) is 44.2 Å². The molecule has 7 nitrogen and oxygen atoms in total. The molecule has 1 aromatic heterocycles. The van der Waals surface area contributed by atoms with Crippen LogP contribution in [-0.2, 0) is 22.7 Å². The van der Waals surface area contributed by atoms with Crippen molar-refractivity contribution in [3.63, 3.8) is 0 Å². The number of hydrogen-bond donors (Lipinski definition) is 0. The van der Waals surface area contributed by atoms with Crippen LogP contribution in [0.1, 0.15) is 30.7 Å². The molecule has 0 N–H and O–H groups in total. The van der Waals surface area contributed by atoms with Gasteiger partial charge in [0.1, 0.15) is 6.61 Å². The van der Waals surface area contributed by atoms with Crippen LogP contribution in [0, 0.1) is 5.92 Å². The van der Waals surface area contributed by atoms with Crippen molar-refractivity contribution in [1.29, 1.82) is 0 Å². The van der Waals surface area contributed by atoms with Crippen LogP contribution in [0.2, 0.25) is 0 Å². The molecule has 1 unspecified atom stereocenters. The summed E-state index contributed by atoms with van der Waals surface area (Å²) in [5.74, 6) is 1.58. The number of amides is 1. The van der Waals surface area contributed by atoms with Gasteiger partial charge in [0, 0.05) is 51.3 Å². The van der Waals surface area contributed by atoms with E-state index >= 15 is 0 Å². The van der Waals surface area contributed by atoms with Gasteiger partial charge in [-0.05, 0) is 24.8 Å². The highest BCUT2D eigenvalue weighted by Crippen LogP contribution is 2.22. The Morgan fingerprint density at radius 2 is 1.97 bits per heavy atom. The first-order chi connectivity index (χ1) is 14.2. The van der Waals surface area contributed by atoms with E-state index in [0.29, 0.717) is 24.2 Å². The summed E-state index contributed by atoms with van der Waals surface area (Å²) in [6.07, 6.45) is 7.26. The summed E-state index contributed by atoms with van der Waals surface area (Å²) in [5.41, 5.74) is 2.17. The quantitative estimate of drug-likeness (QED) is 0.699. The Bertz CT molecular complexity index is 838. The molecule has 4 rings (SSSR count). The molecule has 1 aromatic carbocycles. The van der Waals surface area contributed by atoms with E-state index in [1.807, 2.05) is 12.1 Å². The molecule has 0 bridgehead atoms. The normalized spacial score (nSPS) is 20.2. The Morgan fingerprint density at radius 3 is 2.66 bits per heavy atom. The number of carbonyl (C=O) groups is 1. The number of nitrogens with zero attached hydrogens (tertiary/aromatic N) is 4. The lowest BCUT2D eigenvalue weighted by molar-refractivity contribution is -0.137. The lowest BCUT2D eigenvalue weighted by atomic mass is 9.93. The third kappa shape index (κ3) is 4.92. The molecule has 154 valence electrons. The Kier molecular flexibility index (Phi) is 6.36. The fourth-order valence-electron chi connectivity index (χ4n) is 3.97. The Labute approximate surface area is 171 Å². The van der Waals surface area contributed by atoms with E-state index in [0.717, 1.165) is 57.5 Å². The van der Waals surface area contributed by atoms with Crippen LogP contribution in [0.15, 0.2) is 40.9 Å². The zero-order chi connectivity index (χ0) is 20.1. The van der Waals surface area contributed by atoms with Gasteiger partial charge in [0.25, 0.3) is 5.89 Å². The first kappa shape index (κ1) is 19.8. The van der Waals surface area contributed by atoms with Gasteiger partial charge in [0.15, 0.2) is 0 Å². The van der Waals surface area contributed by atoms with E-state index in [9.17, 15) is 4.79 Å². The molecule has 1 aliphatic carbocycles. The predicted octanol–water partition coefficient (Wildman–Crippen LogP) is 2.88. The molecule has 0 spiro atoms. The molecule has 2 aliphatic rings. The summed E-state index contributed by atoms with van der Waals surface area (Å²) in [6, 6.07) is 8.25. The Balaban J connectivity index is 1.28. The van der Waals surface area contributed by atoms with Crippen LogP contribution in [0.25, 0.3) is 11.4 Å². The third-order valence-electron chi connectivity index (χ3n) is 5.66. The van der Waals surface area contributed by atoms with Crippen molar-refractivity contribution in [1.82, 2.24) is 19.9 Å². The highest BCUT2D eigenvalue weighted by atomic mass is 16.5. The maximum absolute atomic E-state index is 12.7. The van der Waals surface area contributed by atoms with Crippen molar-refractivity contribution in [3.8, 4) is 11.4 Å². The van der Waals surface area contributed by atoms with E-state index in [4.69, 9.17) is 9.26 Å². The predicted molar refractivity (Wildman–Crippen MR) is 109 cm³/mol. The lowest BCUT2D eigenvalue weighted by Crippen LogP contribution is -2.50. The number of carbonyl (C=O) groups excluding carboxylic acids is 1. The van der Waals surface area contributed by atoms with Crippen LogP contribution in [0.3, 0.4) is 0 Å². The van der Waals surface area contributed by atoms with Crippen molar-refractivity contribution < 1.29 is 14.1 Å². The molecule has 2 aromatic rings. The number of rotatable bonds is 6. The molecular weight excluding hydrogens is 368 g/mol. The number of allylic oxidation sites excluding steroid dienone is 2. The molecule has 0 saturated carbocycles. The first-order valence-electron chi connectivity index (χ1n) is 10.3. The SMILES string of the molecule is COCc1nc(-c2ccc(CN3CCN(C(=O)C4CC=CCC4)CC3)cc2)no1. The first-order valence-corrected chi connectivity index (χ1v) is 10.3. The summed E-state index contributed by atoms with van der Waals surface area (Å²) < 4.78 is 10.2. The summed E-state index contributed by atoms with van der Waals surface area (Å²) in [7, 11) is 1.60. The summed E-state index contributed by atoms with van der Waals surface area (Å²) in [4.78, 5) is 21.5. The van der Waals surface area contributed by atoms with Gasteiger partial charge in [0.05, 0.1) is 0 Å². The van der Waals surface area contributed by atoms with Crippen LogP contribution in [0.4, 0.5) is 0 Å². The summed E-state index contributed by atoms with van der Waals surface area (Å²) in [6.45, 7) is 4.68. The summed E-state index contributed by atoms with van der Waals surface area (Å²) >= 11 is 0. The van der Waals surface area contributed by atoms with Gasteiger partial charge in [-0.1, -0.05) is 41.6 Å². The maximum Gasteiger partial charge on any atom is 0.252 e. The number of methoxy groups -OCH3 is 1. The molecule has 1 amide bonds. The van der Waals surface area contributed by atoms with Gasteiger partial charge >= 0.3 is 0 Å². The Hall–Kier alpha value is -2.51. The van der Waals surface area contributed by atoms with E-state index in [1.54, 1.807) is 7.11 Å². The average molecular weight is 396 g/mol. The van der Waals surface area contributed by atoms with Gasteiger partial charge < -0.3 is 14.2 Å². The van der Waals surface area contributed by atoms with Crippen LogP contribution in [-0.4, -0.2) is 59.1 Å². The molecule has 29 heavy (non-hydrogen) atoms. The maximum atomic E-state index is 12.7. The van der Waals surface area contributed by atoms with Crippen molar-refractivity contribution in [2.45, 2.75) is 32.4 Å². The van der Waals surface area contributed by atoms with Crippen molar-refractivity contribution in [2.75, 3.05) is 33.3 Å². The fraction of sp³-hybridized carbons (Fsp3) is 0.500. The molecule has 1 aliphatic heterocycles. The zero-order valence-corrected chi connectivity index (χ0v) is 16.9. The third-order valence-corrected chi connectivity index (χ3v) is 5.66. The van der Waals surface area contributed by atoms with Crippen LogP contribution >= 0.6 is 0 Å². The van der Waals surface area contributed by atoms with Gasteiger partial charge in [-0.15, -0.1) is 0 Å². The second-order valence-electron chi connectivity index (χ2n) is 7.72. The monoisotopic (exact) mass is 396 g/mol. The number of benzene rings is 1. The topological polar surface area (TPSA) is 71.7 Å². The molecule has 0 radical (unpaired) electrons. The molecule has 7 heteroatoms. The van der Waals surface area contributed by atoms with E-state index in [-0.39, 0.29) is 5.92 Å². The van der Waals surface area contributed by atoms with Gasteiger partial charge in [-0.2, -0.15) is 4.98 Å². The number of ether oxygens (including phenoxy) is 1. The smallest absolute Gasteiger partial charge is 0.252 e. The van der Waals surface area contributed by atoms with Crippen molar-refractivity contribution in [3.05, 3.63) is 47.9 Å². The van der Waals surface area contributed by atoms with E-state index in [1.165, 1.54) is 5.56 Å². The highest BCUT2D eigenvalue weighted by molar-refractivity contribution is 5.79. The lowest BCUT2D eigenvalue weighted by Gasteiger charge is -2.36. The average Bonchev–Trinajstić information content (AvgIpc) is 3.24.